The summed E-state index contributed by atoms with van der Waals surface area (Å²) in [6, 6.07) is 17.8. The van der Waals surface area contributed by atoms with Crippen LogP contribution in [-0.2, 0) is 23.1 Å². The summed E-state index contributed by atoms with van der Waals surface area (Å²) in [6.07, 6.45) is 0. The third-order valence-electron chi connectivity index (χ3n) is 5.63. The number of rotatable bonds is 10. The van der Waals surface area contributed by atoms with Crippen LogP contribution in [0.2, 0.25) is 0 Å². The molecule has 0 heterocycles. The molecule has 1 amide bonds. The monoisotopic (exact) mass is 483 g/mol. The summed E-state index contributed by atoms with van der Waals surface area (Å²) in [6.45, 7) is 9.05. The van der Waals surface area contributed by atoms with Crippen LogP contribution in [-0.4, -0.2) is 32.3 Å². The average molecular weight is 484 g/mol. The number of amides is 1. The number of anilines is 1. The topological polar surface area (TPSA) is 78.5 Å². The molecule has 0 aliphatic heterocycles. The van der Waals surface area contributed by atoms with Crippen molar-refractivity contribution in [2.75, 3.05) is 17.8 Å². The summed E-state index contributed by atoms with van der Waals surface area (Å²) < 4.78 is 41.7. The Hall–Kier alpha value is -3.23. The second-order valence-corrected chi connectivity index (χ2v) is 9.71. The van der Waals surface area contributed by atoms with Crippen molar-refractivity contribution in [1.29, 1.82) is 0 Å². The van der Waals surface area contributed by atoms with Crippen LogP contribution in [0.3, 0.4) is 0 Å². The molecule has 0 saturated heterocycles. The number of hydrogen-bond acceptors (Lipinski definition) is 4. The molecule has 0 radical (unpaired) electrons. The second-order valence-electron chi connectivity index (χ2n) is 8.03. The number of hydrogen-bond donors (Lipinski definition) is 2. The molecule has 180 valence electrons. The van der Waals surface area contributed by atoms with Crippen molar-refractivity contribution in [3.05, 3.63) is 94.8 Å². The number of para-hydroxylation sites is 1. The molecule has 0 unspecified atom stereocenters. The number of aryl methyl sites for hydroxylation is 1. The quantitative estimate of drug-likeness (QED) is 0.438. The lowest BCUT2D eigenvalue weighted by Crippen LogP contribution is -2.25. The number of carbonyl (C=O) groups is 1. The first-order chi connectivity index (χ1) is 16.2. The number of benzene rings is 3. The Morgan fingerprint density at radius 1 is 0.941 bits per heavy atom. The lowest BCUT2D eigenvalue weighted by molar-refractivity contribution is 0.0950. The van der Waals surface area contributed by atoms with Crippen LogP contribution in [0.1, 0.15) is 40.9 Å². The van der Waals surface area contributed by atoms with Crippen molar-refractivity contribution in [1.82, 2.24) is 10.2 Å². The zero-order chi connectivity index (χ0) is 24.7. The Labute approximate surface area is 200 Å². The Kier molecular flexibility index (Phi) is 8.41. The van der Waals surface area contributed by atoms with E-state index in [1.165, 1.54) is 42.0 Å². The first-order valence-electron chi connectivity index (χ1n) is 11.2. The van der Waals surface area contributed by atoms with Crippen molar-refractivity contribution >= 4 is 21.6 Å². The fourth-order valence-corrected chi connectivity index (χ4v) is 4.67. The maximum absolute atomic E-state index is 13.9. The summed E-state index contributed by atoms with van der Waals surface area (Å²) in [4.78, 5) is 15.1. The maximum Gasteiger partial charge on any atom is 0.262 e. The predicted molar refractivity (Wildman–Crippen MR) is 133 cm³/mol. The van der Waals surface area contributed by atoms with Crippen LogP contribution in [0.25, 0.3) is 0 Å². The molecule has 2 N–H and O–H groups in total. The van der Waals surface area contributed by atoms with E-state index < -0.39 is 15.8 Å². The van der Waals surface area contributed by atoms with Gasteiger partial charge in [-0.15, -0.1) is 0 Å². The highest BCUT2D eigenvalue weighted by Crippen LogP contribution is 2.21. The average Bonchev–Trinajstić information content (AvgIpc) is 2.82. The van der Waals surface area contributed by atoms with Crippen molar-refractivity contribution in [3.63, 3.8) is 0 Å². The fourth-order valence-electron chi connectivity index (χ4n) is 3.58. The van der Waals surface area contributed by atoms with E-state index in [-0.39, 0.29) is 22.1 Å². The number of nitrogens with one attached hydrogen (secondary N) is 2. The van der Waals surface area contributed by atoms with E-state index in [1.54, 1.807) is 13.0 Å². The first-order valence-corrected chi connectivity index (χ1v) is 12.7. The Morgan fingerprint density at radius 2 is 1.65 bits per heavy atom. The molecule has 0 atom stereocenters. The first kappa shape index (κ1) is 25.4. The molecule has 3 rings (SSSR count). The second kappa shape index (κ2) is 11.3. The summed E-state index contributed by atoms with van der Waals surface area (Å²) in [5, 5.41) is 2.87. The minimum absolute atomic E-state index is 0.118. The summed E-state index contributed by atoms with van der Waals surface area (Å²) >= 11 is 0. The van der Waals surface area contributed by atoms with E-state index in [4.69, 9.17) is 0 Å². The Morgan fingerprint density at radius 3 is 2.35 bits per heavy atom. The van der Waals surface area contributed by atoms with Crippen LogP contribution in [0, 0.1) is 12.7 Å². The minimum atomic E-state index is -4.07. The van der Waals surface area contributed by atoms with Gasteiger partial charge in [-0.2, -0.15) is 0 Å². The zero-order valence-corrected chi connectivity index (χ0v) is 20.5. The molecule has 6 nitrogen and oxygen atoms in total. The van der Waals surface area contributed by atoms with Gasteiger partial charge in [0.05, 0.1) is 10.6 Å². The number of carbonyl (C=O) groups excluding carboxylic acids is 1. The molecule has 8 heteroatoms. The van der Waals surface area contributed by atoms with E-state index in [9.17, 15) is 17.6 Å². The van der Waals surface area contributed by atoms with Crippen LogP contribution in [0.15, 0.2) is 71.6 Å². The largest absolute Gasteiger partial charge is 0.348 e. The van der Waals surface area contributed by atoms with E-state index in [0.717, 1.165) is 25.2 Å². The minimum Gasteiger partial charge on any atom is -0.348 e. The van der Waals surface area contributed by atoms with Crippen molar-refractivity contribution in [2.45, 2.75) is 38.8 Å². The van der Waals surface area contributed by atoms with E-state index in [1.807, 2.05) is 12.1 Å². The Balaban J connectivity index is 1.74. The smallest absolute Gasteiger partial charge is 0.262 e. The third kappa shape index (κ3) is 6.42. The van der Waals surface area contributed by atoms with Crippen molar-refractivity contribution < 1.29 is 17.6 Å². The normalized spacial score (nSPS) is 11.4. The molecule has 0 aromatic heterocycles. The van der Waals surface area contributed by atoms with Gasteiger partial charge in [-0.1, -0.05) is 56.3 Å². The molecular formula is C26H30FN3O3S. The standard InChI is InChI=1S/C26H30FN3O3S/c1-4-30(5-2)18-21-10-8-9-20(15-21)17-28-26(31)23-16-22(14-13-19(23)3)34(32,33)29-25-12-7-6-11-24(25)27/h6-16,29H,4-5,17-18H2,1-3H3,(H,28,31). The molecule has 0 spiro atoms. The van der Waals surface area contributed by atoms with Crippen LogP contribution in [0.5, 0.6) is 0 Å². The highest BCUT2D eigenvalue weighted by Gasteiger charge is 2.19. The molecule has 0 aliphatic carbocycles. The van der Waals surface area contributed by atoms with E-state index in [0.29, 0.717) is 12.1 Å². The van der Waals surface area contributed by atoms with Gasteiger partial charge in [-0.05, 0) is 61.0 Å². The van der Waals surface area contributed by atoms with Gasteiger partial charge in [0.25, 0.3) is 15.9 Å². The zero-order valence-electron chi connectivity index (χ0n) is 19.6. The highest BCUT2D eigenvalue weighted by atomic mass is 32.2. The highest BCUT2D eigenvalue weighted by molar-refractivity contribution is 7.92. The number of sulfonamides is 1. The van der Waals surface area contributed by atoms with E-state index in [2.05, 4.69) is 40.9 Å². The summed E-state index contributed by atoms with van der Waals surface area (Å²) in [7, 11) is -4.07. The molecule has 0 fully saturated rings. The summed E-state index contributed by atoms with van der Waals surface area (Å²) in [5.41, 5.74) is 2.85. The molecule has 34 heavy (non-hydrogen) atoms. The molecule has 0 saturated carbocycles. The van der Waals surface area contributed by atoms with E-state index >= 15 is 0 Å². The van der Waals surface area contributed by atoms with Crippen LogP contribution >= 0.6 is 0 Å². The fraction of sp³-hybridized carbons (Fsp3) is 0.269. The molecule has 3 aromatic carbocycles. The predicted octanol–water partition coefficient (Wildman–Crippen LogP) is 4.71. The molecular weight excluding hydrogens is 453 g/mol. The van der Waals surface area contributed by atoms with Gasteiger partial charge in [0.2, 0.25) is 0 Å². The maximum atomic E-state index is 13.9. The van der Waals surface area contributed by atoms with Gasteiger partial charge in [0, 0.05) is 18.7 Å². The molecule has 0 aliphatic rings. The van der Waals surface area contributed by atoms with Gasteiger partial charge in [-0.25, -0.2) is 12.8 Å². The SMILES string of the molecule is CCN(CC)Cc1cccc(CNC(=O)c2cc(S(=O)(=O)Nc3ccccc3F)ccc2C)c1. The lowest BCUT2D eigenvalue weighted by atomic mass is 10.1. The lowest BCUT2D eigenvalue weighted by Gasteiger charge is -2.18. The van der Waals surface area contributed by atoms with Gasteiger partial charge in [0.1, 0.15) is 5.82 Å². The van der Waals surface area contributed by atoms with Crippen molar-refractivity contribution in [2.24, 2.45) is 0 Å². The van der Waals surface area contributed by atoms with Gasteiger partial charge < -0.3 is 5.32 Å². The van der Waals surface area contributed by atoms with Crippen LogP contribution in [0.4, 0.5) is 10.1 Å². The third-order valence-corrected chi connectivity index (χ3v) is 6.99. The molecule has 3 aromatic rings. The molecule has 0 bridgehead atoms. The van der Waals surface area contributed by atoms with Gasteiger partial charge in [-0.3, -0.25) is 14.4 Å². The number of nitrogens with zero attached hydrogens (tertiary/aromatic N) is 1. The van der Waals surface area contributed by atoms with Gasteiger partial charge in [0.15, 0.2) is 0 Å². The summed E-state index contributed by atoms with van der Waals surface area (Å²) in [5.74, 6) is -1.06. The Bertz CT molecular complexity index is 1260. The number of halogens is 1. The van der Waals surface area contributed by atoms with Crippen molar-refractivity contribution in [3.8, 4) is 0 Å². The van der Waals surface area contributed by atoms with Crippen LogP contribution < -0.4 is 10.0 Å². The van der Waals surface area contributed by atoms with Gasteiger partial charge >= 0.3 is 0 Å².